The zero-order valence-corrected chi connectivity index (χ0v) is 17.3. The van der Waals surface area contributed by atoms with Crippen molar-refractivity contribution in [3.05, 3.63) is 76.0 Å². The van der Waals surface area contributed by atoms with E-state index in [1.54, 1.807) is 30.5 Å². The summed E-state index contributed by atoms with van der Waals surface area (Å²) in [6, 6.07) is 10.6. The average Bonchev–Trinajstić information content (AvgIpc) is 3.31. The second kappa shape index (κ2) is 9.01. The Balaban J connectivity index is 1.55. The number of halogens is 1. The highest BCUT2D eigenvalue weighted by atomic mass is 35.5. The molecule has 0 radical (unpaired) electrons. The number of nitrogens with zero attached hydrogens (tertiary/aromatic N) is 1. The summed E-state index contributed by atoms with van der Waals surface area (Å²) in [6.45, 7) is 5.52. The topological polar surface area (TPSA) is 70.7 Å². The SMILES string of the molecule is Cc1cc(OCC(=O)OCC(=O)c2cc(C)n(Cc3ccco3)c2C)ccc1Cl. The van der Waals surface area contributed by atoms with Gasteiger partial charge in [0.1, 0.15) is 11.5 Å². The average molecular weight is 416 g/mol. The molecule has 1 aromatic carbocycles. The van der Waals surface area contributed by atoms with Crippen molar-refractivity contribution >= 4 is 23.4 Å². The lowest BCUT2D eigenvalue weighted by atomic mass is 10.1. The highest BCUT2D eigenvalue weighted by Gasteiger charge is 2.18. The molecule has 0 N–H and O–H groups in total. The predicted molar refractivity (Wildman–Crippen MR) is 109 cm³/mol. The second-order valence-electron chi connectivity index (χ2n) is 6.73. The van der Waals surface area contributed by atoms with Gasteiger partial charge in [0.15, 0.2) is 13.2 Å². The number of hydrogen-bond acceptors (Lipinski definition) is 5. The van der Waals surface area contributed by atoms with Crippen molar-refractivity contribution < 1.29 is 23.5 Å². The first-order valence-electron chi connectivity index (χ1n) is 9.12. The maximum atomic E-state index is 12.5. The first kappa shape index (κ1) is 20.7. The Hall–Kier alpha value is -2.99. The van der Waals surface area contributed by atoms with E-state index in [-0.39, 0.29) is 19.0 Å². The van der Waals surface area contributed by atoms with Crippen LogP contribution >= 0.6 is 11.6 Å². The number of aryl methyl sites for hydroxylation is 2. The highest BCUT2D eigenvalue weighted by molar-refractivity contribution is 6.31. The second-order valence-corrected chi connectivity index (χ2v) is 7.14. The number of rotatable bonds is 8. The monoisotopic (exact) mass is 415 g/mol. The van der Waals surface area contributed by atoms with Gasteiger partial charge in [-0.2, -0.15) is 0 Å². The van der Waals surface area contributed by atoms with Gasteiger partial charge in [-0.1, -0.05) is 11.6 Å². The Labute approximate surface area is 174 Å². The fourth-order valence-electron chi connectivity index (χ4n) is 3.00. The van der Waals surface area contributed by atoms with E-state index in [0.29, 0.717) is 22.9 Å². The summed E-state index contributed by atoms with van der Waals surface area (Å²) in [7, 11) is 0. The predicted octanol–water partition coefficient (Wildman–Crippen LogP) is 4.51. The summed E-state index contributed by atoms with van der Waals surface area (Å²) in [5.41, 5.74) is 3.09. The Bertz CT molecular complexity index is 1020. The minimum Gasteiger partial charge on any atom is -0.482 e. The van der Waals surface area contributed by atoms with Gasteiger partial charge in [-0.15, -0.1) is 0 Å². The number of ether oxygens (including phenoxy) is 2. The molecular formula is C22H22ClNO5. The third-order valence-corrected chi connectivity index (χ3v) is 5.04. The van der Waals surface area contributed by atoms with Crippen molar-refractivity contribution in [1.82, 2.24) is 4.57 Å². The molecule has 3 aromatic rings. The third-order valence-electron chi connectivity index (χ3n) is 4.62. The molecule has 29 heavy (non-hydrogen) atoms. The van der Waals surface area contributed by atoms with Crippen LogP contribution < -0.4 is 4.74 Å². The van der Waals surface area contributed by atoms with Crippen molar-refractivity contribution in [3.8, 4) is 5.75 Å². The van der Waals surface area contributed by atoms with E-state index in [9.17, 15) is 9.59 Å². The molecule has 0 saturated carbocycles. The van der Waals surface area contributed by atoms with Gasteiger partial charge < -0.3 is 18.5 Å². The van der Waals surface area contributed by atoms with E-state index in [0.717, 1.165) is 22.7 Å². The third kappa shape index (κ3) is 5.09. The van der Waals surface area contributed by atoms with Gasteiger partial charge in [-0.05, 0) is 62.7 Å². The first-order chi connectivity index (χ1) is 13.8. The molecule has 152 valence electrons. The lowest BCUT2D eigenvalue weighted by molar-refractivity contribution is -0.144. The number of carbonyl (C=O) groups is 2. The van der Waals surface area contributed by atoms with Crippen LogP contribution in [0.3, 0.4) is 0 Å². The van der Waals surface area contributed by atoms with E-state index >= 15 is 0 Å². The number of carbonyl (C=O) groups excluding carboxylic acids is 2. The van der Waals surface area contributed by atoms with Gasteiger partial charge in [-0.25, -0.2) is 4.79 Å². The van der Waals surface area contributed by atoms with Gasteiger partial charge in [0, 0.05) is 22.0 Å². The van der Waals surface area contributed by atoms with Gasteiger partial charge in [0.25, 0.3) is 0 Å². The summed E-state index contributed by atoms with van der Waals surface area (Å²) >= 11 is 5.96. The Morgan fingerprint density at radius 1 is 1.10 bits per heavy atom. The number of esters is 1. The number of hydrogen-bond donors (Lipinski definition) is 0. The van der Waals surface area contributed by atoms with Crippen LogP contribution in [0.15, 0.2) is 47.1 Å². The summed E-state index contributed by atoms with van der Waals surface area (Å²) < 4.78 is 17.8. The summed E-state index contributed by atoms with van der Waals surface area (Å²) in [6.07, 6.45) is 1.61. The van der Waals surface area contributed by atoms with E-state index in [4.69, 9.17) is 25.5 Å². The van der Waals surface area contributed by atoms with E-state index in [2.05, 4.69) is 0 Å². The molecule has 2 heterocycles. The molecule has 0 spiro atoms. The molecule has 0 unspecified atom stereocenters. The van der Waals surface area contributed by atoms with Crippen LogP contribution in [0, 0.1) is 20.8 Å². The maximum absolute atomic E-state index is 12.5. The van der Waals surface area contributed by atoms with E-state index in [1.165, 1.54) is 0 Å². The minimum atomic E-state index is -0.615. The number of ketones is 1. The van der Waals surface area contributed by atoms with Crippen molar-refractivity contribution in [3.63, 3.8) is 0 Å². The zero-order chi connectivity index (χ0) is 21.0. The first-order valence-corrected chi connectivity index (χ1v) is 9.50. The van der Waals surface area contributed by atoms with Crippen LogP contribution in [-0.4, -0.2) is 29.5 Å². The summed E-state index contributed by atoms with van der Waals surface area (Å²) in [5.74, 6) is 0.429. The van der Waals surface area contributed by atoms with Crippen molar-refractivity contribution in [2.24, 2.45) is 0 Å². The van der Waals surface area contributed by atoms with Crippen LogP contribution in [0.25, 0.3) is 0 Å². The van der Waals surface area contributed by atoms with Crippen LogP contribution in [0.4, 0.5) is 0 Å². The number of aromatic nitrogens is 1. The van der Waals surface area contributed by atoms with Gasteiger partial charge in [0.2, 0.25) is 5.78 Å². The molecular weight excluding hydrogens is 394 g/mol. The van der Waals surface area contributed by atoms with E-state index < -0.39 is 5.97 Å². The molecule has 0 fully saturated rings. The highest BCUT2D eigenvalue weighted by Crippen LogP contribution is 2.21. The largest absolute Gasteiger partial charge is 0.482 e. The smallest absolute Gasteiger partial charge is 0.344 e. The fraction of sp³-hybridized carbons (Fsp3) is 0.273. The molecule has 6 nitrogen and oxygen atoms in total. The molecule has 0 aliphatic heterocycles. The molecule has 3 rings (SSSR count). The van der Waals surface area contributed by atoms with Crippen molar-refractivity contribution in [1.29, 1.82) is 0 Å². The van der Waals surface area contributed by atoms with Crippen LogP contribution in [0.1, 0.15) is 33.1 Å². The number of Topliss-reactive ketones (excluding diaryl/α,β-unsaturated/α-hetero) is 1. The summed E-state index contributed by atoms with van der Waals surface area (Å²) in [4.78, 5) is 24.5. The van der Waals surface area contributed by atoms with E-state index in [1.807, 2.05) is 37.5 Å². The number of furan rings is 1. The summed E-state index contributed by atoms with van der Waals surface area (Å²) in [5, 5.41) is 0.621. The minimum absolute atomic E-state index is 0.264. The van der Waals surface area contributed by atoms with Crippen molar-refractivity contribution in [2.75, 3.05) is 13.2 Å². The van der Waals surface area contributed by atoms with Gasteiger partial charge in [0.05, 0.1) is 12.8 Å². The van der Waals surface area contributed by atoms with Crippen LogP contribution in [0.2, 0.25) is 5.02 Å². The maximum Gasteiger partial charge on any atom is 0.344 e. The Morgan fingerprint density at radius 3 is 2.59 bits per heavy atom. The molecule has 0 amide bonds. The lowest BCUT2D eigenvalue weighted by Crippen LogP contribution is -2.20. The standard InChI is InChI=1S/C22H22ClNO5/c1-14-9-17(6-7-20(14)23)28-13-22(26)29-12-21(25)19-10-15(2)24(16(19)3)11-18-5-4-8-27-18/h4-10H,11-13H2,1-3H3. The molecule has 0 aliphatic carbocycles. The quantitative estimate of drug-likeness (QED) is 0.399. The fourth-order valence-corrected chi connectivity index (χ4v) is 3.12. The molecule has 0 atom stereocenters. The van der Waals surface area contributed by atoms with Crippen molar-refractivity contribution in [2.45, 2.75) is 27.3 Å². The molecule has 0 aliphatic rings. The zero-order valence-electron chi connectivity index (χ0n) is 16.5. The van der Waals surface area contributed by atoms with Gasteiger partial charge >= 0.3 is 5.97 Å². The molecule has 7 heteroatoms. The normalized spacial score (nSPS) is 10.8. The molecule has 2 aromatic heterocycles. The number of benzene rings is 1. The Kier molecular flexibility index (Phi) is 6.44. The molecule has 0 bridgehead atoms. The van der Waals surface area contributed by atoms with Crippen LogP contribution in [0.5, 0.6) is 5.75 Å². The van der Waals surface area contributed by atoms with Gasteiger partial charge in [-0.3, -0.25) is 4.79 Å². The van der Waals surface area contributed by atoms with Crippen LogP contribution in [-0.2, 0) is 16.1 Å². The lowest BCUT2D eigenvalue weighted by Gasteiger charge is -2.09. The molecule has 0 saturated heterocycles. The Morgan fingerprint density at radius 2 is 1.90 bits per heavy atom.